The summed E-state index contributed by atoms with van der Waals surface area (Å²) in [5.74, 6) is 0.720. The Labute approximate surface area is 134 Å². The van der Waals surface area contributed by atoms with E-state index < -0.39 is 0 Å². The van der Waals surface area contributed by atoms with E-state index in [1.165, 1.54) is 36.1 Å². The number of aromatic nitrogens is 2. The molecule has 0 atom stereocenters. The number of rotatable bonds is 7. The van der Waals surface area contributed by atoms with Crippen LogP contribution in [-0.4, -0.2) is 16.3 Å². The molecule has 0 saturated heterocycles. The third-order valence-corrected chi connectivity index (χ3v) is 4.38. The van der Waals surface area contributed by atoms with Gasteiger partial charge in [-0.05, 0) is 43.5 Å². The van der Waals surface area contributed by atoms with Gasteiger partial charge in [-0.1, -0.05) is 35.0 Å². The summed E-state index contributed by atoms with van der Waals surface area (Å²) in [4.78, 5) is 0. The topological polar surface area (TPSA) is 29.9 Å². The maximum atomic E-state index is 4.64. The highest BCUT2D eigenvalue weighted by Crippen LogP contribution is 2.41. The van der Waals surface area contributed by atoms with Gasteiger partial charge in [-0.2, -0.15) is 5.10 Å². The van der Waals surface area contributed by atoms with E-state index in [0.29, 0.717) is 0 Å². The largest absolute Gasteiger partial charge is 0.313 e. The van der Waals surface area contributed by atoms with Crippen LogP contribution in [0.1, 0.15) is 48.9 Å². The molecule has 0 radical (unpaired) electrons. The van der Waals surface area contributed by atoms with Crippen molar-refractivity contribution in [3.05, 3.63) is 51.8 Å². The average Bonchev–Trinajstić information content (AvgIpc) is 3.23. The number of benzene rings is 1. The molecule has 1 aliphatic rings. The zero-order valence-corrected chi connectivity index (χ0v) is 14.1. The first-order chi connectivity index (χ1) is 10.3. The summed E-state index contributed by atoms with van der Waals surface area (Å²) >= 11 is 3.54. The number of hydrogen-bond donors (Lipinski definition) is 1. The molecule has 1 N–H and O–H groups in total. The van der Waals surface area contributed by atoms with Gasteiger partial charge in [0.15, 0.2) is 0 Å². The molecule has 1 aliphatic carbocycles. The number of halogens is 1. The van der Waals surface area contributed by atoms with Crippen molar-refractivity contribution in [2.75, 3.05) is 6.54 Å². The lowest BCUT2D eigenvalue weighted by Crippen LogP contribution is -2.15. The summed E-state index contributed by atoms with van der Waals surface area (Å²) < 4.78 is 3.33. The smallest absolute Gasteiger partial charge is 0.0663 e. The molecule has 0 amide bonds. The maximum Gasteiger partial charge on any atom is 0.0663 e. The van der Waals surface area contributed by atoms with Crippen LogP contribution in [-0.2, 0) is 13.1 Å². The molecule has 1 heterocycles. The van der Waals surface area contributed by atoms with Crippen molar-refractivity contribution in [3.63, 3.8) is 0 Å². The lowest BCUT2D eigenvalue weighted by Gasteiger charge is -2.10. The van der Waals surface area contributed by atoms with Crippen molar-refractivity contribution in [2.24, 2.45) is 0 Å². The molecule has 3 rings (SSSR count). The van der Waals surface area contributed by atoms with Crippen molar-refractivity contribution < 1.29 is 0 Å². The quantitative estimate of drug-likeness (QED) is 0.765. The first kappa shape index (κ1) is 14.8. The normalized spacial score (nSPS) is 14.6. The standard InChI is InChI=1S/C17H22BrN3/c1-2-8-19-10-15-11-20-21(17(15)14-6-7-14)12-13-4-3-5-16(18)9-13/h3-5,9,11,14,19H,2,6-8,10,12H2,1H3. The summed E-state index contributed by atoms with van der Waals surface area (Å²) in [5, 5.41) is 8.14. The lowest BCUT2D eigenvalue weighted by molar-refractivity contribution is 0.633. The Morgan fingerprint density at radius 3 is 2.95 bits per heavy atom. The van der Waals surface area contributed by atoms with Gasteiger partial charge >= 0.3 is 0 Å². The molecule has 0 unspecified atom stereocenters. The molecular formula is C17H22BrN3. The van der Waals surface area contributed by atoms with Gasteiger partial charge in [0.1, 0.15) is 0 Å². The van der Waals surface area contributed by atoms with E-state index in [1.807, 2.05) is 6.20 Å². The van der Waals surface area contributed by atoms with Gasteiger partial charge in [-0.25, -0.2) is 0 Å². The molecule has 21 heavy (non-hydrogen) atoms. The Balaban J connectivity index is 1.78. The molecule has 1 aromatic carbocycles. The fourth-order valence-corrected chi connectivity index (χ4v) is 3.18. The van der Waals surface area contributed by atoms with Crippen molar-refractivity contribution in [1.29, 1.82) is 0 Å². The van der Waals surface area contributed by atoms with E-state index in [0.717, 1.165) is 30.0 Å². The summed E-state index contributed by atoms with van der Waals surface area (Å²) in [5.41, 5.74) is 4.11. The fraction of sp³-hybridized carbons (Fsp3) is 0.471. The molecule has 1 saturated carbocycles. The van der Waals surface area contributed by atoms with Gasteiger partial charge in [0.25, 0.3) is 0 Å². The van der Waals surface area contributed by atoms with Gasteiger partial charge in [-0.15, -0.1) is 0 Å². The summed E-state index contributed by atoms with van der Waals surface area (Å²) in [7, 11) is 0. The van der Waals surface area contributed by atoms with Crippen molar-refractivity contribution in [3.8, 4) is 0 Å². The van der Waals surface area contributed by atoms with Crippen LogP contribution in [0.25, 0.3) is 0 Å². The molecule has 1 fully saturated rings. The zero-order chi connectivity index (χ0) is 14.7. The molecule has 0 bridgehead atoms. The van der Waals surface area contributed by atoms with Crippen LogP contribution in [0.5, 0.6) is 0 Å². The summed E-state index contributed by atoms with van der Waals surface area (Å²) in [6, 6.07) is 8.49. The second-order valence-corrected chi connectivity index (χ2v) is 6.71. The molecule has 0 aliphatic heterocycles. The van der Waals surface area contributed by atoms with Crippen LogP contribution in [0.15, 0.2) is 34.9 Å². The van der Waals surface area contributed by atoms with Gasteiger partial charge in [0.2, 0.25) is 0 Å². The minimum Gasteiger partial charge on any atom is -0.313 e. The molecule has 1 aromatic heterocycles. The molecule has 3 nitrogen and oxygen atoms in total. The van der Waals surface area contributed by atoms with E-state index >= 15 is 0 Å². The van der Waals surface area contributed by atoms with Gasteiger partial charge in [0, 0.05) is 28.2 Å². The Morgan fingerprint density at radius 1 is 1.38 bits per heavy atom. The van der Waals surface area contributed by atoms with Crippen LogP contribution in [0.2, 0.25) is 0 Å². The first-order valence-electron chi connectivity index (χ1n) is 7.77. The predicted octanol–water partition coefficient (Wildman–Crippen LogP) is 4.07. The van der Waals surface area contributed by atoms with Gasteiger partial charge in [0.05, 0.1) is 12.7 Å². The van der Waals surface area contributed by atoms with E-state index in [-0.39, 0.29) is 0 Å². The lowest BCUT2D eigenvalue weighted by atomic mass is 10.1. The van der Waals surface area contributed by atoms with E-state index in [2.05, 4.69) is 62.2 Å². The van der Waals surface area contributed by atoms with Crippen molar-refractivity contribution in [2.45, 2.75) is 45.2 Å². The highest BCUT2D eigenvalue weighted by molar-refractivity contribution is 9.10. The van der Waals surface area contributed by atoms with Crippen LogP contribution >= 0.6 is 15.9 Å². The van der Waals surface area contributed by atoms with Crippen LogP contribution in [0.3, 0.4) is 0 Å². The Bertz CT molecular complexity index is 602. The Kier molecular flexibility index (Phi) is 4.76. The van der Waals surface area contributed by atoms with E-state index in [1.54, 1.807) is 0 Å². The van der Waals surface area contributed by atoms with E-state index in [4.69, 9.17) is 0 Å². The second kappa shape index (κ2) is 6.75. The minimum absolute atomic E-state index is 0.720. The molecular weight excluding hydrogens is 326 g/mol. The first-order valence-corrected chi connectivity index (χ1v) is 8.57. The molecule has 0 spiro atoms. The number of nitrogens with zero attached hydrogens (tertiary/aromatic N) is 2. The minimum atomic E-state index is 0.720. The molecule has 2 aromatic rings. The summed E-state index contributed by atoms with van der Waals surface area (Å²) in [6.45, 7) is 5.07. The zero-order valence-electron chi connectivity index (χ0n) is 12.5. The van der Waals surface area contributed by atoms with Crippen molar-refractivity contribution in [1.82, 2.24) is 15.1 Å². The predicted molar refractivity (Wildman–Crippen MR) is 89.4 cm³/mol. The van der Waals surface area contributed by atoms with Crippen molar-refractivity contribution >= 4 is 15.9 Å². The third-order valence-electron chi connectivity index (χ3n) is 3.89. The van der Waals surface area contributed by atoms with Gasteiger partial charge < -0.3 is 5.32 Å². The number of nitrogens with one attached hydrogen (secondary N) is 1. The second-order valence-electron chi connectivity index (χ2n) is 5.79. The highest BCUT2D eigenvalue weighted by atomic mass is 79.9. The number of hydrogen-bond acceptors (Lipinski definition) is 2. The fourth-order valence-electron chi connectivity index (χ4n) is 2.73. The maximum absolute atomic E-state index is 4.64. The van der Waals surface area contributed by atoms with E-state index in [9.17, 15) is 0 Å². The van der Waals surface area contributed by atoms with Gasteiger partial charge in [-0.3, -0.25) is 4.68 Å². The monoisotopic (exact) mass is 347 g/mol. The third kappa shape index (κ3) is 3.74. The van der Waals surface area contributed by atoms with Crippen LogP contribution < -0.4 is 5.32 Å². The summed E-state index contributed by atoms with van der Waals surface area (Å²) in [6.07, 6.45) is 5.84. The molecule has 112 valence electrons. The Hall–Kier alpha value is -1.13. The van der Waals surface area contributed by atoms with Crippen LogP contribution in [0.4, 0.5) is 0 Å². The molecule has 4 heteroatoms. The highest BCUT2D eigenvalue weighted by Gasteiger charge is 2.29. The average molecular weight is 348 g/mol. The van der Waals surface area contributed by atoms with Crippen LogP contribution in [0, 0.1) is 0 Å². The SMILES string of the molecule is CCCNCc1cnn(Cc2cccc(Br)c2)c1C1CC1. The Morgan fingerprint density at radius 2 is 2.24 bits per heavy atom.